The first-order valence-electron chi connectivity index (χ1n) is 19.5. The van der Waals surface area contributed by atoms with Gasteiger partial charge >= 0.3 is 230 Å². The van der Waals surface area contributed by atoms with Crippen molar-refractivity contribution in [2.75, 3.05) is 4.90 Å². The molecule has 0 unspecified atom stereocenters. The van der Waals surface area contributed by atoms with E-state index in [4.69, 9.17) is 9.15 Å². The second kappa shape index (κ2) is 13.7. The van der Waals surface area contributed by atoms with Gasteiger partial charge in [0.25, 0.3) is 0 Å². The topological polar surface area (TPSA) is 25.6 Å². The van der Waals surface area contributed by atoms with Crippen molar-refractivity contribution >= 4 is 44.6 Å². The second-order valence-electron chi connectivity index (χ2n) is 14.9. The number of ether oxygens (including phenoxy) is 1. The first-order valence-corrected chi connectivity index (χ1v) is 21.2. The zero-order valence-electron chi connectivity index (χ0n) is 31.4. The Hall–Kier alpha value is -6.80. The van der Waals surface area contributed by atoms with Crippen LogP contribution in [0.15, 0.2) is 199 Å². The third-order valence-electron chi connectivity index (χ3n) is 11.8. The Morgan fingerprint density at radius 2 is 1.07 bits per heavy atom. The summed E-state index contributed by atoms with van der Waals surface area (Å²) in [6.07, 6.45) is 0. The molecule has 0 saturated heterocycles. The quantitative estimate of drug-likeness (QED) is 0.166. The molecular formula is C54H35NO2W. The van der Waals surface area contributed by atoms with Gasteiger partial charge in [-0.15, -0.1) is 0 Å². The summed E-state index contributed by atoms with van der Waals surface area (Å²) in [6, 6.07) is 69.4. The Balaban J connectivity index is 1.12. The number of hydrogen-bond acceptors (Lipinski definition) is 3. The molecule has 1 aliphatic heterocycles. The van der Waals surface area contributed by atoms with Crippen molar-refractivity contribution < 1.29 is 28.5 Å². The SMILES string of the molecule is C=c1/c(=C(\[CH]=[W])c2ccc(N(c3ccc(-c4ccccc4)cc3)c3ccc4c(c3)C3(c5ccccc5Oc5ccccc53)c3ccccc3-4)cc2)oc2ccccc12. The molecule has 0 amide bonds. The van der Waals surface area contributed by atoms with Crippen molar-refractivity contribution in [1.29, 1.82) is 0 Å². The Morgan fingerprint density at radius 3 is 1.76 bits per heavy atom. The van der Waals surface area contributed by atoms with Crippen LogP contribution in [0.5, 0.6) is 11.5 Å². The van der Waals surface area contributed by atoms with Gasteiger partial charge in [0.1, 0.15) is 11.5 Å². The first-order chi connectivity index (χ1) is 28.6. The van der Waals surface area contributed by atoms with Gasteiger partial charge in [0, 0.05) is 0 Å². The maximum absolute atomic E-state index is 6.63. The molecular weight excluding hydrogens is 878 g/mol. The van der Waals surface area contributed by atoms with Crippen LogP contribution in [0.4, 0.5) is 17.1 Å². The number of furan rings is 1. The predicted octanol–water partition coefficient (Wildman–Crippen LogP) is 12.0. The van der Waals surface area contributed by atoms with Crippen LogP contribution in [0.2, 0.25) is 0 Å². The van der Waals surface area contributed by atoms with Gasteiger partial charge in [-0.25, -0.2) is 0 Å². The number of rotatable bonds is 6. The number of nitrogens with zero attached hydrogens (tertiary/aromatic N) is 1. The standard InChI is InChI=1S/C54H35NO2.W/c1-35(53-36(2)43-16-7-11-21-50(43)57-53)37-24-28-40(29-25-37)55(41-30-26-39(27-31-41)38-14-4-3-5-15-38)42-32-33-45-44-17-6-8-18-46(44)54(49(45)34-42)47-19-9-12-22-51(47)56-52-23-13-10-20-48(52)54;/h1,3-34H,2H2;/b53-35-;. The van der Waals surface area contributed by atoms with Gasteiger partial charge in [-0.1, -0.05) is 91.0 Å². The van der Waals surface area contributed by atoms with Crippen molar-refractivity contribution in [2.24, 2.45) is 0 Å². The third kappa shape index (κ3) is 5.20. The Kier molecular flexibility index (Phi) is 8.13. The molecule has 1 aromatic heterocycles. The molecule has 0 saturated carbocycles. The van der Waals surface area contributed by atoms with Crippen LogP contribution in [0.3, 0.4) is 0 Å². The molecule has 1 spiro atoms. The van der Waals surface area contributed by atoms with E-state index in [-0.39, 0.29) is 0 Å². The average Bonchev–Trinajstić information content (AvgIpc) is 3.77. The van der Waals surface area contributed by atoms with Gasteiger partial charge in [0.15, 0.2) is 0 Å². The fourth-order valence-corrected chi connectivity index (χ4v) is 10.1. The summed E-state index contributed by atoms with van der Waals surface area (Å²) in [5, 5.41) is 1.96. The van der Waals surface area contributed by atoms with Crippen molar-refractivity contribution in [2.45, 2.75) is 5.41 Å². The van der Waals surface area contributed by atoms with E-state index < -0.39 is 5.41 Å². The van der Waals surface area contributed by atoms with E-state index in [0.29, 0.717) is 0 Å². The van der Waals surface area contributed by atoms with Gasteiger partial charge < -0.3 is 4.74 Å². The van der Waals surface area contributed by atoms with E-state index in [1.165, 1.54) is 52.7 Å². The average molecular weight is 914 g/mol. The van der Waals surface area contributed by atoms with E-state index in [2.05, 4.69) is 192 Å². The molecule has 3 nitrogen and oxygen atoms in total. The summed E-state index contributed by atoms with van der Waals surface area (Å²) in [4.78, 5) is 2.38. The summed E-state index contributed by atoms with van der Waals surface area (Å²) in [6.45, 7) is 4.42. The van der Waals surface area contributed by atoms with Gasteiger partial charge in [-0.05, 0) is 12.1 Å². The van der Waals surface area contributed by atoms with E-state index in [1.807, 2.05) is 18.2 Å². The molecule has 0 N–H and O–H groups in total. The summed E-state index contributed by atoms with van der Waals surface area (Å²) in [5.41, 5.74) is 16.1. The molecule has 274 valence electrons. The fourth-order valence-electron chi connectivity index (χ4n) is 9.22. The molecule has 11 rings (SSSR count). The van der Waals surface area contributed by atoms with Crippen LogP contribution in [0, 0.1) is 0 Å². The molecule has 58 heavy (non-hydrogen) atoms. The molecule has 8 aromatic carbocycles. The van der Waals surface area contributed by atoms with E-state index in [0.717, 1.165) is 72.4 Å². The number of hydrogen-bond donors (Lipinski definition) is 0. The minimum absolute atomic E-state index is 0.568. The van der Waals surface area contributed by atoms with Crippen LogP contribution in [-0.4, -0.2) is 4.40 Å². The van der Waals surface area contributed by atoms with Crippen molar-refractivity contribution in [1.82, 2.24) is 0 Å². The van der Waals surface area contributed by atoms with Crippen LogP contribution in [-0.2, 0) is 24.8 Å². The summed E-state index contributed by atoms with van der Waals surface area (Å²) in [5.74, 6) is 1.77. The summed E-state index contributed by atoms with van der Waals surface area (Å²) < 4.78 is 15.2. The molecule has 4 heteroatoms. The van der Waals surface area contributed by atoms with Crippen LogP contribution >= 0.6 is 0 Å². The normalized spacial score (nSPS) is 13.5. The number of benzene rings is 8. The van der Waals surface area contributed by atoms with Gasteiger partial charge in [0.05, 0.1) is 0 Å². The monoisotopic (exact) mass is 913 g/mol. The molecule has 2 aliphatic rings. The molecule has 0 fully saturated rings. The summed E-state index contributed by atoms with van der Waals surface area (Å²) >= 11 is 1.35. The van der Waals surface area contributed by atoms with E-state index in [9.17, 15) is 0 Å². The number of fused-ring (bicyclic) bond motifs is 10. The molecule has 0 radical (unpaired) electrons. The maximum atomic E-state index is 6.63. The second-order valence-corrected chi connectivity index (χ2v) is 15.7. The Morgan fingerprint density at radius 1 is 0.517 bits per heavy atom. The minimum atomic E-state index is -0.568. The third-order valence-corrected chi connectivity index (χ3v) is 12.7. The molecule has 9 aromatic rings. The van der Waals surface area contributed by atoms with Crippen LogP contribution in [0.1, 0.15) is 27.8 Å². The van der Waals surface area contributed by atoms with Gasteiger partial charge in [-0.2, -0.15) is 0 Å². The fraction of sp³-hybridized carbons (Fsp3) is 0.0185. The Labute approximate surface area is 347 Å². The molecule has 0 bridgehead atoms. The van der Waals surface area contributed by atoms with E-state index in [1.54, 1.807) is 0 Å². The number of anilines is 3. The first kappa shape index (κ1) is 34.4. The molecule has 2 heterocycles. The van der Waals surface area contributed by atoms with Crippen LogP contribution < -0.4 is 20.3 Å². The van der Waals surface area contributed by atoms with Gasteiger partial charge in [-0.3, -0.25) is 0 Å². The summed E-state index contributed by atoms with van der Waals surface area (Å²) in [7, 11) is 0. The van der Waals surface area contributed by atoms with Crippen molar-refractivity contribution in [3.8, 4) is 33.8 Å². The predicted molar refractivity (Wildman–Crippen MR) is 233 cm³/mol. The van der Waals surface area contributed by atoms with E-state index >= 15 is 0 Å². The van der Waals surface area contributed by atoms with Crippen LogP contribution in [0.25, 0.3) is 45.4 Å². The van der Waals surface area contributed by atoms with Crippen molar-refractivity contribution in [3.05, 3.63) is 233 Å². The van der Waals surface area contributed by atoms with Crippen molar-refractivity contribution in [3.63, 3.8) is 0 Å². The molecule has 1 aliphatic carbocycles. The zero-order valence-corrected chi connectivity index (χ0v) is 34.4. The molecule has 0 atom stereocenters. The zero-order chi connectivity index (χ0) is 38.8. The number of para-hydroxylation sites is 3. The van der Waals surface area contributed by atoms with Gasteiger partial charge in [0.2, 0.25) is 0 Å². The Bertz CT molecular complexity index is 3140.